The van der Waals surface area contributed by atoms with Crippen molar-refractivity contribution < 1.29 is 26.3 Å². The Balaban J connectivity index is 0.000000270. The predicted molar refractivity (Wildman–Crippen MR) is 167 cm³/mol. The van der Waals surface area contributed by atoms with Crippen molar-refractivity contribution in [3.63, 3.8) is 0 Å². The first-order chi connectivity index (χ1) is 21.7. The molecular weight excluding hydrogens is 658 g/mol. The van der Waals surface area contributed by atoms with Crippen LogP contribution in [0.25, 0.3) is 0 Å². The van der Waals surface area contributed by atoms with E-state index in [1.165, 1.54) is 54.6 Å². The van der Waals surface area contributed by atoms with E-state index in [1.807, 2.05) is 0 Å². The van der Waals surface area contributed by atoms with E-state index < -0.39 is 47.4 Å². The Morgan fingerprint density at radius 2 is 1.11 bits per heavy atom. The third-order valence-corrected chi connectivity index (χ3v) is 6.41. The lowest BCUT2D eigenvalue weighted by Gasteiger charge is -2.23. The number of nitrogens with two attached hydrogens (primary N) is 1. The molecule has 0 aliphatic rings. The molecule has 17 heteroatoms. The highest BCUT2D eigenvalue weighted by molar-refractivity contribution is 6.29. The molecule has 4 aromatic rings. The molecule has 0 bridgehead atoms. The van der Waals surface area contributed by atoms with Crippen LogP contribution in [0.15, 0.2) is 92.0 Å². The number of halogens is 7. The number of H-pyrrole nitrogens is 2. The number of benzene rings is 2. The molecule has 5 N–H and O–H groups in total. The van der Waals surface area contributed by atoms with Crippen molar-refractivity contribution in [2.24, 2.45) is 5.73 Å². The molecule has 0 aliphatic carbocycles. The van der Waals surface area contributed by atoms with Crippen LogP contribution in [-0.4, -0.2) is 31.5 Å². The van der Waals surface area contributed by atoms with Crippen LogP contribution in [0.1, 0.15) is 63.0 Å². The van der Waals surface area contributed by atoms with Crippen molar-refractivity contribution in [1.29, 1.82) is 0 Å². The number of hydrogen-bond acceptors (Lipinski definition) is 6. The summed E-state index contributed by atoms with van der Waals surface area (Å²) in [4.78, 5) is 50.6. The topological polar surface area (TPSA) is 148 Å². The average Bonchev–Trinajstić information content (AvgIpc) is 2.95. The van der Waals surface area contributed by atoms with Gasteiger partial charge < -0.3 is 11.1 Å². The largest absolute Gasteiger partial charge is 0.412 e. The number of rotatable bonds is 6. The quantitative estimate of drug-likeness (QED) is 0.147. The van der Waals surface area contributed by atoms with Gasteiger partial charge in [0.25, 0.3) is 11.1 Å². The molecule has 0 radical (unpaired) electrons. The molecule has 256 valence electrons. The van der Waals surface area contributed by atoms with Crippen LogP contribution in [0, 0.1) is 0 Å². The van der Waals surface area contributed by atoms with Gasteiger partial charge in [0.1, 0.15) is 23.1 Å². The van der Waals surface area contributed by atoms with Crippen LogP contribution >= 0.6 is 11.6 Å². The first kappa shape index (κ1) is 38.6. The van der Waals surface area contributed by atoms with Crippen molar-refractivity contribution in [2.75, 3.05) is 5.32 Å². The lowest BCUT2D eigenvalue weighted by atomic mass is 10.1. The molecule has 2 aromatic heterocycles. The maximum absolute atomic E-state index is 13.3. The predicted octanol–water partition coefficient (Wildman–Crippen LogP) is 5.85. The van der Waals surface area contributed by atoms with E-state index in [-0.39, 0.29) is 33.7 Å². The molecule has 0 unspecified atom stereocenters. The summed E-state index contributed by atoms with van der Waals surface area (Å²) in [6, 6.07) is 12.3. The van der Waals surface area contributed by atoms with Crippen LogP contribution in [0.4, 0.5) is 32.2 Å². The van der Waals surface area contributed by atoms with Gasteiger partial charge in [-0.1, -0.05) is 72.3 Å². The first-order valence-electron chi connectivity index (χ1n) is 13.9. The van der Waals surface area contributed by atoms with E-state index in [0.717, 1.165) is 15.2 Å². The number of aromatic nitrogens is 4. The van der Waals surface area contributed by atoms with Gasteiger partial charge in [0.15, 0.2) is 0 Å². The molecule has 47 heavy (non-hydrogen) atoms. The number of anilines is 1. The smallest absolute Gasteiger partial charge is 0.356 e. The van der Waals surface area contributed by atoms with Crippen molar-refractivity contribution in [3.05, 3.63) is 131 Å². The van der Waals surface area contributed by atoms with Gasteiger partial charge in [-0.3, -0.25) is 28.7 Å². The number of nitrogens with one attached hydrogen (secondary N) is 3. The first-order valence-corrected chi connectivity index (χ1v) is 14.2. The summed E-state index contributed by atoms with van der Waals surface area (Å²) >= 11 is 5.46. The summed E-state index contributed by atoms with van der Waals surface area (Å²) in [7, 11) is 0. The summed E-state index contributed by atoms with van der Waals surface area (Å²) in [6.07, 6.45) is -8.95. The molecule has 10 nitrogen and oxygen atoms in total. The second-order valence-electron chi connectivity index (χ2n) is 10.5. The summed E-state index contributed by atoms with van der Waals surface area (Å²) in [5.41, 5.74) is 2.74. The van der Waals surface area contributed by atoms with Gasteiger partial charge in [-0.2, -0.15) is 26.3 Å². The molecular formula is C30H33ClF6N6O4. The van der Waals surface area contributed by atoms with Crippen molar-refractivity contribution in [3.8, 4) is 0 Å². The van der Waals surface area contributed by atoms with Gasteiger partial charge in [-0.05, 0) is 38.8 Å². The van der Waals surface area contributed by atoms with Crippen LogP contribution in [0.2, 0.25) is 5.15 Å². The van der Waals surface area contributed by atoms with Crippen LogP contribution in [-0.2, 0) is 0 Å². The minimum absolute atomic E-state index is 0.0195. The molecule has 2 heterocycles. The molecule has 4 rings (SSSR count). The lowest BCUT2D eigenvalue weighted by Crippen LogP contribution is -2.37. The minimum Gasteiger partial charge on any atom is -0.356 e. The Morgan fingerprint density at radius 3 is 1.49 bits per heavy atom. The van der Waals surface area contributed by atoms with Gasteiger partial charge >= 0.3 is 23.7 Å². The van der Waals surface area contributed by atoms with Crippen molar-refractivity contribution in [1.82, 2.24) is 19.1 Å². The second kappa shape index (κ2) is 16.3. The van der Waals surface area contributed by atoms with E-state index >= 15 is 0 Å². The Hall–Kier alpha value is -4.57. The molecule has 0 fully saturated rings. The second-order valence-corrected chi connectivity index (χ2v) is 10.9. The molecule has 0 saturated carbocycles. The Bertz CT molecular complexity index is 1760. The van der Waals surface area contributed by atoms with Gasteiger partial charge in [0.05, 0.1) is 0 Å². The van der Waals surface area contributed by atoms with Gasteiger partial charge in [-0.25, -0.2) is 9.59 Å². The molecule has 0 aliphatic heterocycles. The van der Waals surface area contributed by atoms with Crippen molar-refractivity contribution in [2.45, 2.75) is 64.2 Å². The summed E-state index contributed by atoms with van der Waals surface area (Å²) < 4.78 is 77.8. The molecule has 0 amide bonds. The Labute approximate surface area is 268 Å². The third-order valence-electron chi connectivity index (χ3n) is 6.20. The fourth-order valence-corrected chi connectivity index (χ4v) is 4.22. The number of aromatic amines is 2. The van der Waals surface area contributed by atoms with E-state index in [0.29, 0.717) is 0 Å². The zero-order chi connectivity index (χ0) is 35.7. The minimum atomic E-state index is -4.59. The SMILES string of the molecule is CC(C)n1c(=O)cc(Cl)[nH]c1=O.CC(C)n1c(=O)cc(N[C@H](c2ccccc2)C(F)(F)F)[nH]c1=O.N[C@H](c1ccccc1)C(F)(F)F. The van der Waals surface area contributed by atoms with Gasteiger partial charge in [-0.15, -0.1) is 0 Å². The van der Waals surface area contributed by atoms with Gasteiger partial charge in [0.2, 0.25) is 0 Å². The molecule has 2 atom stereocenters. The fourth-order valence-electron chi connectivity index (χ4n) is 4.04. The van der Waals surface area contributed by atoms with Crippen molar-refractivity contribution >= 4 is 17.4 Å². The Morgan fingerprint density at radius 1 is 0.681 bits per heavy atom. The highest BCUT2D eigenvalue weighted by Crippen LogP contribution is 2.35. The fraction of sp³-hybridized carbons (Fsp3) is 0.333. The summed E-state index contributed by atoms with van der Waals surface area (Å²) in [6.45, 7) is 6.77. The zero-order valence-electron chi connectivity index (χ0n) is 25.5. The van der Waals surface area contributed by atoms with Crippen LogP contribution in [0.5, 0.6) is 0 Å². The normalized spacial score (nSPS) is 12.8. The maximum Gasteiger partial charge on any atom is 0.412 e. The van der Waals surface area contributed by atoms with Gasteiger partial charge in [0, 0.05) is 24.2 Å². The van der Waals surface area contributed by atoms with E-state index in [4.69, 9.17) is 17.3 Å². The third kappa shape index (κ3) is 11.3. The van der Waals surface area contributed by atoms with E-state index in [1.54, 1.807) is 39.8 Å². The van der Waals surface area contributed by atoms with E-state index in [2.05, 4.69) is 15.3 Å². The van der Waals surface area contributed by atoms with Crippen LogP contribution < -0.4 is 33.5 Å². The van der Waals surface area contributed by atoms with Crippen LogP contribution in [0.3, 0.4) is 0 Å². The number of alkyl halides is 6. The summed E-state index contributed by atoms with van der Waals surface area (Å²) in [5, 5.41) is 2.26. The molecule has 0 spiro atoms. The highest BCUT2D eigenvalue weighted by Gasteiger charge is 2.41. The van der Waals surface area contributed by atoms with E-state index in [9.17, 15) is 45.5 Å². The zero-order valence-corrected chi connectivity index (χ0v) is 26.2. The average molecular weight is 691 g/mol. The maximum atomic E-state index is 13.3. The molecule has 2 aromatic carbocycles. The Kier molecular flexibility index (Phi) is 13.4. The molecule has 0 saturated heterocycles. The number of hydrogen-bond donors (Lipinski definition) is 4. The lowest BCUT2D eigenvalue weighted by molar-refractivity contribution is -0.149. The number of nitrogens with zero attached hydrogens (tertiary/aromatic N) is 2. The monoisotopic (exact) mass is 690 g/mol. The summed E-state index contributed by atoms with van der Waals surface area (Å²) in [5.74, 6) is -0.275. The standard InChI is InChI=1S/C15H16F3N3O2.C8H8F3N.C7H9ClN2O2/c1-9(2)21-12(22)8-11(20-14(21)23)19-13(15(16,17)18)10-6-4-3-5-7-10;9-8(10,11)7(12)6-4-2-1-3-5-6;1-4(2)10-6(11)3-5(8)9-7(10)12/h3-9,13,19H,1-2H3,(H,20,23);1-5,7H,12H2;3-4H,1-2H3,(H,9,12)/t13-;7-;/m11./s1. The highest BCUT2D eigenvalue weighted by atomic mass is 35.5.